The predicted molar refractivity (Wildman–Crippen MR) is 109 cm³/mol. The largest absolute Gasteiger partial charge is 0.481 e. The zero-order chi connectivity index (χ0) is 20.3. The topological polar surface area (TPSA) is 77.8 Å². The number of carbonyl (C=O) groups is 1. The van der Waals surface area contributed by atoms with Crippen LogP contribution in [0.1, 0.15) is 85.0 Å². The second-order valence-corrected chi connectivity index (χ2v) is 11.3. The molecule has 4 saturated carbocycles. The van der Waals surface area contributed by atoms with Gasteiger partial charge in [0, 0.05) is 6.42 Å². The average molecular weight is 393 g/mol. The van der Waals surface area contributed by atoms with Gasteiger partial charge in [0.1, 0.15) is 0 Å². The maximum absolute atomic E-state index is 11.5. The molecule has 0 saturated heterocycles. The van der Waals surface area contributed by atoms with E-state index < -0.39 is 5.97 Å². The summed E-state index contributed by atoms with van der Waals surface area (Å²) in [5.41, 5.74) is 0.216. The molecular formula is C24H40O4. The molecule has 0 aromatic carbocycles. The van der Waals surface area contributed by atoms with Crippen LogP contribution >= 0.6 is 0 Å². The Balaban J connectivity index is 1.56. The molecule has 0 aromatic heterocycles. The highest BCUT2D eigenvalue weighted by Gasteiger charge is 2.63. The monoisotopic (exact) mass is 392 g/mol. The highest BCUT2D eigenvalue weighted by Crippen LogP contribution is 2.68. The van der Waals surface area contributed by atoms with Crippen LogP contribution < -0.4 is 0 Å². The van der Waals surface area contributed by atoms with Gasteiger partial charge in [0.15, 0.2) is 0 Å². The molecule has 0 aliphatic heterocycles. The van der Waals surface area contributed by atoms with Crippen LogP contribution in [0.15, 0.2) is 0 Å². The van der Waals surface area contributed by atoms with E-state index in [4.69, 9.17) is 5.11 Å². The Kier molecular flexibility index (Phi) is 5.36. The van der Waals surface area contributed by atoms with Gasteiger partial charge in [-0.15, -0.1) is 0 Å². The minimum Gasteiger partial charge on any atom is -0.481 e. The van der Waals surface area contributed by atoms with Crippen molar-refractivity contribution in [2.45, 2.75) is 97.2 Å². The van der Waals surface area contributed by atoms with E-state index in [1.54, 1.807) is 0 Å². The van der Waals surface area contributed by atoms with Gasteiger partial charge in [-0.3, -0.25) is 4.79 Å². The molecule has 0 heterocycles. The van der Waals surface area contributed by atoms with Gasteiger partial charge in [-0.25, -0.2) is 0 Å². The molecule has 10 atom stereocenters. The molecule has 4 nitrogen and oxygen atoms in total. The van der Waals surface area contributed by atoms with Crippen molar-refractivity contribution >= 4 is 5.97 Å². The quantitative estimate of drug-likeness (QED) is 0.659. The van der Waals surface area contributed by atoms with Crippen LogP contribution in [0.5, 0.6) is 0 Å². The molecule has 28 heavy (non-hydrogen) atoms. The lowest BCUT2D eigenvalue weighted by Gasteiger charge is -2.62. The summed E-state index contributed by atoms with van der Waals surface area (Å²) in [5, 5.41) is 30.8. The second kappa shape index (κ2) is 7.27. The highest BCUT2D eigenvalue weighted by atomic mass is 16.4. The first-order chi connectivity index (χ1) is 13.2. The van der Waals surface area contributed by atoms with Gasteiger partial charge < -0.3 is 15.3 Å². The van der Waals surface area contributed by atoms with Crippen molar-refractivity contribution in [3.8, 4) is 0 Å². The third-order valence-electron chi connectivity index (χ3n) is 10.3. The van der Waals surface area contributed by atoms with E-state index in [1.165, 1.54) is 19.3 Å². The lowest BCUT2D eigenvalue weighted by atomic mass is 9.43. The zero-order valence-electron chi connectivity index (χ0n) is 17.9. The molecule has 0 radical (unpaired) electrons. The van der Waals surface area contributed by atoms with Crippen molar-refractivity contribution < 1.29 is 20.1 Å². The van der Waals surface area contributed by atoms with E-state index in [2.05, 4.69) is 20.8 Å². The van der Waals surface area contributed by atoms with E-state index in [1.807, 2.05) is 0 Å². The van der Waals surface area contributed by atoms with Crippen molar-refractivity contribution in [3.05, 3.63) is 0 Å². The molecule has 160 valence electrons. The standard InChI is InChI=1S/C24H40O4/c1-14(4-9-22(27)28)18-7-8-19-17-6-5-15-12-16(25)10-11-23(15,2)20(17)13-21(26)24(18,19)3/h14-21,25-26H,4-13H2,1-3H3,(H,27,28)/t14-,15-,16-,17?,18?,19+,20+,21-,23+,24-/m1/s1. The summed E-state index contributed by atoms with van der Waals surface area (Å²) in [4.78, 5) is 11.1. The summed E-state index contributed by atoms with van der Waals surface area (Å²) in [7, 11) is 0. The smallest absolute Gasteiger partial charge is 0.303 e. The Labute approximate surface area is 170 Å². The summed E-state index contributed by atoms with van der Waals surface area (Å²) in [6, 6.07) is 0. The van der Waals surface area contributed by atoms with Crippen molar-refractivity contribution in [2.75, 3.05) is 0 Å². The van der Waals surface area contributed by atoms with Crippen molar-refractivity contribution in [1.82, 2.24) is 0 Å². The first kappa shape index (κ1) is 20.7. The van der Waals surface area contributed by atoms with Crippen LogP contribution in [-0.2, 0) is 4.79 Å². The van der Waals surface area contributed by atoms with Crippen molar-refractivity contribution in [1.29, 1.82) is 0 Å². The van der Waals surface area contributed by atoms with Crippen LogP contribution in [0.25, 0.3) is 0 Å². The fraction of sp³-hybridized carbons (Fsp3) is 0.958. The van der Waals surface area contributed by atoms with E-state index in [0.29, 0.717) is 35.5 Å². The molecule has 0 aromatic rings. The summed E-state index contributed by atoms with van der Waals surface area (Å²) >= 11 is 0. The number of aliphatic hydroxyl groups is 2. The Bertz CT molecular complexity index is 605. The van der Waals surface area contributed by atoms with Crippen LogP contribution in [0.2, 0.25) is 0 Å². The number of aliphatic carboxylic acids is 1. The third-order valence-corrected chi connectivity index (χ3v) is 10.3. The zero-order valence-corrected chi connectivity index (χ0v) is 17.9. The van der Waals surface area contributed by atoms with E-state index in [0.717, 1.165) is 38.5 Å². The lowest BCUT2D eigenvalue weighted by Crippen LogP contribution is -2.58. The Hall–Kier alpha value is -0.610. The molecule has 0 amide bonds. The van der Waals surface area contributed by atoms with E-state index in [-0.39, 0.29) is 29.5 Å². The lowest BCUT2D eigenvalue weighted by molar-refractivity contribution is -0.175. The second-order valence-electron chi connectivity index (χ2n) is 11.3. The molecule has 0 bridgehead atoms. The average Bonchev–Trinajstić information content (AvgIpc) is 3.00. The van der Waals surface area contributed by atoms with Gasteiger partial charge in [-0.05, 0) is 104 Å². The number of hydrogen-bond acceptors (Lipinski definition) is 3. The molecular weight excluding hydrogens is 352 g/mol. The minimum atomic E-state index is -0.707. The number of carboxylic acid groups (broad SMARTS) is 1. The summed E-state index contributed by atoms with van der Waals surface area (Å²) in [6.07, 6.45) is 9.26. The molecule has 3 N–H and O–H groups in total. The molecule has 4 fully saturated rings. The minimum absolute atomic E-state index is 0.0591. The predicted octanol–water partition coefficient (Wildman–Crippen LogP) is 4.48. The number of aliphatic hydroxyl groups excluding tert-OH is 2. The van der Waals surface area contributed by atoms with Crippen LogP contribution in [-0.4, -0.2) is 33.5 Å². The summed E-state index contributed by atoms with van der Waals surface area (Å²) in [5.74, 6) is 2.55. The maximum atomic E-state index is 11.5. The fourth-order valence-corrected chi connectivity index (χ4v) is 8.71. The van der Waals surface area contributed by atoms with Gasteiger partial charge in [0.05, 0.1) is 12.2 Å². The van der Waals surface area contributed by atoms with Gasteiger partial charge in [-0.1, -0.05) is 20.8 Å². The van der Waals surface area contributed by atoms with Crippen molar-refractivity contribution in [2.24, 2.45) is 46.3 Å². The van der Waals surface area contributed by atoms with Gasteiger partial charge in [-0.2, -0.15) is 0 Å². The van der Waals surface area contributed by atoms with Gasteiger partial charge >= 0.3 is 5.97 Å². The molecule has 4 aliphatic carbocycles. The number of hydrogen-bond donors (Lipinski definition) is 3. The Morgan fingerprint density at radius 2 is 1.79 bits per heavy atom. The SMILES string of the molecule is C[C@H](CCC(=O)O)C1CC[C@H]2C3CC[C@@H]4C[C@H](O)CC[C@]4(C)[C@H]3C[C@@H](O)[C@]12C. The highest BCUT2D eigenvalue weighted by molar-refractivity contribution is 5.66. The van der Waals surface area contributed by atoms with Crippen LogP contribution in [0.3, 0.4) is 0 Å². The Morgan fingerprint density at radius 1 is 1.04 bits per heavy atom. The molecule has 0 spiro atoms. The molecule has 4 rings (SSSR count). The Morgan fingerprint density at radius 3 is 2.50 bits per heavy atom. The van der Waals surface area contributed by atoms with Crippen LogP contribution in [0, 0.1) is 46.3 Å². The van der Waals surface area contributed by atoms with Gasteiger partial charge in [0.25, 0.3) is 0 Å². The third kappa shape index (κ3) is 3.05. The number of rotatable bonds is 4. The first-order valence-corrected chi connectivity index (χ1v) is 11.8. The number of fused-ring (bicyclic) bond motifs is 5. The van der Waals surface area contributed by atoms with E-state index >= 15 is 0 Å². The van der Waals surface area contributed by atoms with Crippen LogP contribution in [0.4, 0.5) is 0 Å². The normalized spacial score (nSPS) is 51.7. The maximum Gasteiger partial charge on any atom is 0.303 e. The summed E-state index contributed by atoms with van der Waals surface area (Å²) in [6.45, 7) is 6.99. The molecule has 2 unspecified atom stereocenters. The van der Waals surface area contributed by atoms with Gasteiger partial charge in [0.2, 0.25) is 0 Å². The fourth-order valence-electron chi connectivity index (χ4n) is 8.71. The molecule has 4 aliphatic rings. The first-order valence-electron chi connectivity index (χ1n) is 11.8. The molecule has 4 heteroatoms. The number of carboxylic acids is 1. The van der Waals surface area contributed by atoms with Crippen molar-refractivity contribution in [3.63, 3.8) is 0 Å². The summed E-state index contributed by atoms with van der Waals surface area (Å²) < 4.78 is 0. The van der Waals surface area contributed by atoms with E-state index in [9.17, 15) is 15.0 Å².